The molecule has 1 N–H and O–H groups in total. The van der Waals surface area contributed by atoms with Crippen LogP contribution in [0.2, 0.25) is 0 Å². The molecule has 0 amide bonds. The van der Waals surface area contributed by atoms with Crippen LogP contribution >= 0.6 is 0 Å². The molecule has 0 saturated heterocycles. The lowest BCUT2D eigenvalue weighted by Crippen LogP contribution is -2.36. The van der Waals surface area contributed by atoms with E-state index in [1.165, 1.54) is 6.08 Å². The van der Waals surface area contributed by atoms with Crippen LogP contribution in [0.1, 0.15) is 5.56 Å². The van der Waals surface area contributed by atoms with Gasteiger partial charge in [-0.25, -0.2) is 13.1 Å². The van der Waals surface area contributed by atoms with Crippen molar-refractivity contribution in [1.82, 2.24) is 4.72 Å². The van der Waals surface area contributed by atoms with E-state index in [4.69, 9.17) is 0 Å². The smallest absolute Gasteiger partial charge is 0.234 e. The Labute approximate surface area is 93.5 Å². The van der Waals surface area contributed by atoms with Crippen LogP contribution in [0.5, 0.6) is 0 Å². The van der Waals surface area contributed by atoms with Gasteiger partial charge in [0.05, 0.1) is 12.5 Å². The molecule has 0 aliphatic heterocycles. The molecule has 1 rings (SSSR count). The Morgan fingerprint density at radius 3 is 2.50 bits per heavy atom. The van der Waals surface area contributed by atoms with Crippen molar-refractivity contribution in [2.75, 3.05) is 6.54 Å². The van der Waals surface area contributed by atoms with E-state index in [0.717, 1.165) is 5.41 Å². The average molecular weight is 240 g/mol. The number of nitrogens with one attached hydrogen (secondary N) is 1. The SMILES string of the molecule is O=C([O-])CNS(=O)(=O)/C=C/c1ccccc1. The Bertz CT molecular complexity index is 479. The molecule has 0 aromatic heterocycles. The lowest BCUT2D eigenvalue weighted by atomic mass is 10.2. The van der Waals surface area contributed by atoms with Gasteiger partial charge in [-0.05, 0) is 11.6 Å². The number of sulfonamides is 1. The summed E-state index contributed by atoms with van der Waals surface area (Å²) in [6.07, 6.45) is 1.37. The summed E-state index contributed by atoms with van der Waals surface area (Å²) in [5.41, 5.74) is 0.710. The van der Waals surface area contributed by atoms with Crippen molar-refractivity contribution in [1.29, 1.82) is 0 Å². The summed E-state index contributed by atoms with van der Waals surface area (Å²) in [5, 5.41) is 11.0. The molecule has 0 bridgehead atoms. The first-order valence-corrected chi connectivity index (χ1v) is 5.97. The summed E-state index contributed by atoms with van der Waals surface area (Å²) in [6, 6.07) is 8.79. The quantitative estimate of drug-likeness (QED) is 0.739. The van der Waals surface area contributed by atoms with Gasteiger partial charge in [-0.2, -0.15) is 0 Å². The summed E-state index contributed by atoms with van der Waals surface area (Å²) in [7, 11) is -3.73. The van der Waals surface area contributed by atoms with Gasteiger partial charge in [0.1, 0.15) is 0 Å². The van der Waals surface area contributed by atoms with Crippen LogP contribution in [0.15, 0.2) is 35.7 Å². The molecule has 0 heterocycles. The van der Waals surface area contributed by atoms with Crippen LogP contribution < -0.4 is 9.83 Å². The van der Waals surface area contributed by atoms with Crippen molar-refractivity contribution in [3.8, 4) is 0 Å². The average Bonchev–Trinajstić information content (AvgIpc) is 2.26. The van der Waals surface area contributed by atoms with Crippen molar-refractivity contribution >= 4 is 22.1 Å². The molecule has 0 fully saturated rings. The van der Waals surface area contributed by atoms with E-state index in [1.807, 2.05) is 4.72 Å². The van der Waals surface area contributed by atoms with E-state index in [2.05, 4.69) is 0 Å². The Morgan fingerprint density at radius 1 is 1.31 bits per heavy atom. The number of carboxylic acids is 1. The minimum Gasteiger partial charge on any atom is -0.549 e. The van der Waals surface area contributed by atoms with Gasteiger partial charge in [0.15, 0.2) is 0 Å². The minimum absolute atomic E-state index is 0.710. The molecule has 0 aliphatic carbocycles. The summed E-state index contributed by atoms with van der Waals surface area (Å²) in [5.74, 6) is -1.48. The zero-order chi connectivity index (χ0) is 12.0. The maximum atomic E-state index is 11.2. The first-order chi connectivity index (χ1) is 7.49. The molecule has 0 radical (unpaired) electrons. The monoisotopic (exact) mass is 240 g/mol. The fraction of sp³-hybridized carbons (Fsp3) is 0.100. The largest absolute Gasteiger partial charge is 0.549 e. The lowest BCUT2D eigenvalue weighted by Gasteiger charge is -2.02. The van der Waals surface area contributed by atoms with Gasteiger partial charge in [-0.15, -0.1) is 0 Å². The van der Waals surface area contributed by atoms with Crippen molar-refractivity contribution in [2.45, 2.75) is 0 Å². The third-order valence-electron chi connectivity index (χ3n) is 1.66. The highest BCUT2D eigenvalue weighted by Gasteiger charge is 2.03. The van der Waals surface area contributed by atoms with Crippen LogP contribution in [0.4, 0.5) is 0 Å². The molecule has 0 unspecified atom stereocenters. The van der Waals surface area contributed by atoms with Crippen molar-refractivity contribution in [3.05, 3.63) is 41.3 Å². The Morgan fingerprint density at radius 2 is 1.94 bits per heavy atom. The molecule has 5 nitrogen and oxygen atoms in total. The fourth-order valence-corrected chi connectivity index (χ4v) is 1.69. The summed E-state index contributed by atoms with van der Waals surface area (Å²) >= 11 is 0. The van der Waals surface area contributed by atoms with Crippen molar-refractivity contribution in [2.24, 2.45) is 0 Å². The molecule has 16 heavy (non-hydrogen) atoms. The zero-order valence-electron chi connectivity index (χ0n) is 8.29. The second-order valence-electron chi connectivity index (χ2n) is 2.95. The highest BCUT2D eigenvalue weighted by Crippen LogP contribution is 2.02. The molecular formula is C10H10NO4S-. The van der Waals surface area contributed by atoms with E-state index in [9.17, 15) is 18.3 Å². The number of carboxylic acid groups (broad SMARTS) is 1. The van der Waals surface area contributed by atoms with Crippen molar-refractivity contribution in [3.63, 3.8) is 0 Å². The molecule has 6 heteroatoms. The zero-order valence-corrected chi connectivity index (χ0v) is 9.11. The van der Waals surface area contributed by atoms with Gasteiger partial charge in [-0.3, -0.25) is 0 Å². The topological polar surface area (TPSA) is 86.3 Å². The number of carbonyl (C=O) groups is 1. The van der Waals surface area contributed by atoms with Crippen LogP contribution in [0, 0.1) is 0 Å². The molecule has 0 spiro atoms. The first-order valence-electron chi connectivity index (χ1n) is 4.42. The molecule has 0 saturated carbocycles. The van der Waals surface area contributed by atoms with E-state index in [0.29, 0.717) is 5.56 Å². The van der Waals surface area contributed by atoms with Crippen LogP contribution in [0.3, 0.4) is 0 Å². The Hall–Kier alpha value is -1.66. The number of hydrogen-bond donors (Lipinski definition) is 1. The maximum absolute atomic E-state index is 11.2. The van der Waals surface area contributed by atoms with E-state index in [1.54, 1.807) is 30.3 Å². The number of hydrogen-bond acceptors (Lipinski definition) is 4. The molecule has 0 atom stereocenters. The number of benzene rings is 1. The lowest BCUT2D eigenvalue weighted by molar-refractivity contribution is -0.303. The van der Waals surface area contributed by atoms with Gasteiger partial charge in [0.2, 0.25) is 10.0 Å². The predicted molar refractivity (Wildman–Crippen MR) is 57.4 cm³/mol. The normalized spacial score (nSPS) is 11.8. The fourth-order valence-electron chi connectivity index (χ4n) is 0.940. The van der Waals surface area contributed by atoms with E-state index >= 15 is 0 Å². The first kappa shape index (κ1) is 12.4. The van der Waals surface area contributed by atoms with E-state index < -0.39 is 22.5 Å². The molecule has 1 aromatic rings. The van der Waals surface area contributed by atoms with E-state index in [-0.39, 0.29) is 0 Å². The van der Waals surface area contributed by atoms with Gasteiger partial charge in [0.25, 0.3) is 0 Å². The maximum Gasteiger partial charge on any atom is 0.234 e. The van der Waals surface area contributed by atoms with Gasteiger partial charge in [-0.1, -0.05) is 30.3 Å². The Kier molecular flexibility index (Phi) is 4.21. The summed E-state index contributed by atoms with van der Waals surface area (Å²) < 4.78 is 24.3. The molecule has 1 aromatic carbocycles. The molecular weight excluding hydrogens is 230 g/mol. The highest BCUT2D eigenvalue weighted by atomic mass is 32.2. The standard InChI is InChI=1S/C10H11NO4S/c12-10(13)8-11-16(14,15)7-6-9-4-2-1-3-5-9/h1-7,11H,8H2,(H,12,13)/p-1/b7-6+. The van der Waals surface area contributed by atoms with Crippen molar-refractivity contribution < 1.29 is 18.3 Å². The highest BCUT2D eigenvalue weighted by molar-refractivity contribution is 7.92. The number of aliphatic carboxylic acids is 1. The molecule has 0 aliphatic rings. The van der Waals surface area contributed by atoms with Gasteiger partial charge < -0.3 is 9.90 Å². The van der Waals surface area contributed by atoms with Crippen LogP contribution in [0.25, 0.3) is 6.08 Å². The van der Waals surface area contributed by atoms with Crippen LogP contribution in [-0.2, 0) is 14.8 Å². The Balaban J connectivity index is 2.66. The number of rotatable bonds is 5. The summed E-state index contributed by atoms with van der Waals surface area (Å²) in [6.45, 7) is -0.735. The molecule has 86 valence electrons. The minimum atomic E-state index is -3.73. The van der Waals surface area contributed by atoms with Crippen LogP contribution in [-0.4, -0.2) is 20.9 Å². The van der Waals surface area contributed by atoms with Gasteiger partial charge in [0, 0.05) is 5.41 Å². The summed E-state index contributed by atoms with van der Waals surface area (Å²) in [4.78, 5) is 10.1. The predicted octanol–water partition coefficient (Wildman–Crippen LogP) is -0.673. The second kappa shape index (κ2) is 5.43. The third-order valence-corrected chi connectivity index (χ3v) is 2.70. The van der Waals surface area contributed by atoms with Gasteiger partial charge >= 0.3 is 0 Å². The second-order valence-corrected chi connectivity index (χ2v) is 4.60. The number of carbonyl (C=O) groups excluding carboxylic acids is 1. The third kappa shape index (κ3) is 4.72.